The molecule has 1 amide bonds. The van der Waals surface area contributed by atoms with Crippen molar-refractivity contribution >= 4 is 22.4 Å². The van der Waals surface area contributed by atoms with Crippen LogP contribution in [0.4, 0.5) is 5.13 Å². The summed E-state index contributed by atoms with van der Waals surface area (Å²) in [7, 11) is 0. The van der Waals surface area contributed by atoms with Gasteiger partial charge in [-0.2, -0.15) is 5.10 Å². The molecule has 1 N–H and O–H groups in total. The Morgan fingerprint density at radius 2 is 2.17 bits per heavy atom. The third-order valence-electron chi connectivity index (χ3n) is 2.47. The molecule has 0 bridgehead atoms. The molecule has 0 aliphatic carbocycles. The van der Waals surface area contributed by atoms with E-state index >= 15 is 0 Å². The maximum Gasteiger partial charge on any atom is 0.250 e. The van der Waals surface area contributed by atoms with E-state index in [0.717, 1.165) is 5.01 Å². The van der Waals surface area contributed by atoms with Crippen LogP contribution in [0.2, 0.25) is 0 Å². The smallest absolute Gasteiger partial charge is 0.250 e. The predicted molar refractivity (Wildman–Crippen MR) is 69.6 cm³/mol. The first-order chi connectivity index (χ1) is 8.58. The minimum absolute atomic E-state index is 0.148. The number of hydrogen-bond acceptors (Lipinski definition) is 5. The number of amides is 1. The first-order valence-electron chi connectivity index (χ1n) is 5.71. The molecule has 2 rings (SSSR count). The van der Waals surface area contributed by atoms with Crippen LogP contribution in [0, 0.1) is 0 Å². The molecule has 0 aromatic carbocycles. The van der Waals surface area contributed by atoms with E-state index in [-0.39, 0.29) is 11.9 Å². The van der Waals surface area contributed by atoms with Crippen molar-refractivity contribution in [1.82, 2.24) is 20.0 Å². The van der Waals surface area contributed by atoms with Gasteiger partial charge in [-0.3, -0.25) is 14.8 Å². The van der Waals surface area contributed by atoms with Gasteiger partial charge < -0.3 is 0 Å². The molecule has 96 valence electrons. The topological polar surface area (TPSA) is 72.7 Å². The lowest BCUT2D eigenvalue weighted by atomic mass is 10.2. The highest BCUT2D eigenvalue weighted by Gasteiger charge is 2.17. The zero-order chi connectivity index (χ0) is 13.1. The van der Waals surface area contributed by atoms with Crippen molar-refractivity contribution in [2.75, 3.05) is 5.32 Å². The van der Waals surface area contributed by atoms with Crippen molar-refractivity contribution in [2.45, 2.75) is 32.7 Å². The Labute approximate surface area is 109 Å². The van der Waals surface area contributed by atoms with E-state index in [1.54, 1.807) is 30.1 Å². The Balaban J connectivity index is 2.02. The summed E-state index contributed by atoms with van der Waals surface area (Å²) in [5, 5.41) is 16.2. The monoisotopic (exact) mass is 265 g/mol. The lowest BCUT2D eigenvalue weighted by Gasteiger charge is -2.10. The average molecular weight is 265 g/mol. The maximum atomic E-state index is 12.0. The Hall–Kier alpha value is -1.76. The molecule has 2 aromatic rings. The zero-order valence-electron chi connectivity index (χ0n) is 10.5. The Morgan fingerprint density at radius 1 is 1.39 bits per heavy atom. The molecule has 0 aliphatic rings. The van der Waals surface area contributed by atoms with E-state index in [9.17, 15) is 4.79 Å². The van der Waals surface area contributed by atoms with Gasteiger partial charge in [0.15, 0.2) is 0 Å². The summed E-state index contributed by atoms with van der Waals surface area (Å²) in [5.41, 5.74) is 0. The van der Waals surface area contributed by atoms with Gasteiger partial charge in [0.25, 0.3) is 5.91 Å². The summed E-state index contributed by atoms with van der Waals surface area (Å²) < 4.78 is 1.60. The van der Waals surface area contributed by atoms with Crippen LogP contribution in [0.5, 0.6) is 0 Å². The molecule has 0 radical (unpaired) electrons. The van der Waals surface area contributed by atoms with E-state index < -0.39 is 0 Å². The molecule has 6 nitrogen and oxygen atoms in total. The number of rotatable bonds is 4. The number of hydrogen-bond donors (Lipinski definition) is 1. The first-order valence-corrected chi connectivity index (χ1v) is 6.53. The number of nitrogens with zero attached hydrogens (tertiary/aromatic N) is 4. The Kier molecular flexibility index (Phi) is 3.71. The van der Waals surface area contributed by atoms with Gasteiger partial charge in [0, 0.05) is 18.3 Å². The summed E-state index contributed by atoms with van der Waals surface area (Å²) in [6, 6.07) is 1.41. The predicted octanol–water partition coefficient (Wildman–Crippen LogP) is 2.06. The second-order valence-corrected chi connectivity index (χ2v) is 5.26. The molecule has 0 saturated carbocycles. The van der Waals surface area contributed by atoms with Crippen molar-refractivity contribution < 1.29 is 4.79 Å². The van der Waals surface area contributed by atoms with E-state index in [2.05, 4.69) is 20.6 Å². The lowest BCUT2D eigenvalue weighted by molar-refractivity contribution is -0.119. The second kappa shape index (κ2) is 5.26. The van der Waals surface area contributed by atoms with Crippen LogP contribution in [-0.4, -0.2) is 25.9 Å². The van der Waals surface area contributed by atoms with Gasteiger partial charge in [-0.1, -0.05) is 25.2 Å². The fourth-order valence-corrected chi connectivity index (χ4v) is 2.11. The van der Waals surface area contributed by atoms with Gasteiger partial charge in [0.1, 0.15) is 11.0 Å². The normalized spacial score (nSPS) is 12.7. The largest absolute Gasteiger partial charge is 0.299 e. The van der Waals surface area contributed by atoms with E-state index in [0.29, 0.717) is 11.0 Å². The summed E-state index contributed by atoms with van der Waals surface area (Å²) in [6.07, 6.45) is 3.40. The lowest BCUT2D eigenvalue weighted by Crippen LogP contribution is -2.23. The third kappa shape index (κ3) is 2.73. The molecule has 0 spiro atoms. The van der Waals surface area contributed by atoms with Crippen LogP contribution >= 0.6 is 11.3 Å². The summed E-state index contributed by atoms with van der Waals surface area (Å²) in [5.74, 6) is 0.168. The Bertz CT molecular complexity index is 519. The second-order valence-electron chi connectivity index (χ2n) is 4.25. The molecule has 18 heavy (non-hydrogen) atoms. The molecule has 2 heterocycles. The van der Waals surface area contributed by atoms with Crippen molar-refractivity contribution in [1.29, 1.82) is 0 Å². The van der Waals surface area contributed by atoms with E-state index in [1.807, 2.05) is 13.8 Å². The van der Waals surface area contributed by atoms with Gasteiger partial charge in [-0.25, -0.2) is 0 Å². The van der Waals surface area contributed by atoms with Crippen LogP contribution in [-0.2, 0) is 4.79 Å². The van der Waals surface area contributed by atoms with Crippen molar-refractivity contribution in [2.24, 2.45) is 0 Å². The van der Waals surface area contributed by atoms with Crippen LogP contribution in [0.15, 0.2) is 18.5 Å². The molecule has 7 heteroatoms. The fraction of sp³-hybridized carbons (Fsp3) is 0.455. The average Bonchev–Trinajstić information content (AvgIpc) is 2.98. The minimum atomic E-state index is -0.369. The number of anilines is 1. The van der Waals surface area contributed by atoms with Gasteiger partial charge in [0.2, 0.25) is 5.13 Å². The van der Waals surface area contributed by atoms with Crippen LogP contribution in [0.1, 0.15) is 37.7 Å². The molecule has 0 saturated heterocycles. The number of aromatic nitrogens is 4. The number of carbonyl (C=O) groups excluding carboxylic acids is 1. The number of carbonyl (C=O) groups is 1. The number of nitrogens with one attached hydrogen (secondary N) is 1. The maximum absolute atomic E-state index is 12.0. The standard InChI is InChI=1S/C11H15N5OS/c1-7(2)10-14-15-11(18-10)13-9(17)8(3)16-6-4-5-12-16/h4-8H,1-3H3,(H,13,15,17). The van der Waals surface area contributed by atoms with Gasteiger partial charge >= 0.3 is 0 Å². The van der Waals surface area contributed by atoms with Crippen molar-refractivity contribution in [3.8, 4) is 0 Å². The SMILES string of the molecule is CC(C)c1nnc(NC(=O)C(C)n2cccn2)s1. The summed E-state index contributed by atoms with van der Waals surface area (Å²) in [6.45, 7) is 5.86. The van der Waals surface area contributed by atoms with Crippen LogP contribution in [0.25, 0.3) is 0 Å². The molecule has 1 unspecified atom stereocenters. The van der Waals surface area contributed by atoms with Gasteiger partial charge in [0.05, 0.1) is 0 Å². The van der Waals surface area contributed by atoms with Crippen molar-refractivity contribution in [3.05, 3.63) is 23.5 Å². The molecule has 1 atom stereocenters. The van der Waals surface area contributed by atoms with Crippen LogP contribution < -0.4 is 5.32 Å². The highest BCUT2D eigenvalue weighted by Crippen LogP contribution is 2.22. The van der Waals surface area contributed by atoms with Gasteiger partial charge in [-0.15, -0.1) is 10.2 Å². The molecular weight excluding hydrogens is 250 g/mol. The fourth-order valence-electron chi connectivity index (χ4n) is 1.36. The molecular formula is C11H15N5OS. The zero-order valence-corrected chi connectivity index (χ0v) is 11.3. The van der Waals surface area contributed by atoms with Gasteiger partial charge in [-0.05, 0) is 13.0 Å². The summed E-state index contributed by atoms with van der Waals surface area (Å²) >= 11 is 1.40. The minimum Gasteiger partial charge on any atom is -0.299 e. The first kappa shape index (κ1) is 12.7. The highest BCUT2D eigenvalue weighted by atomic mass is 32.1. The van der Waals surface area contributed by atoms with E-state index in [1.165, 1.54) is 11.3 Å². The third-order valence-corrected chi connectivity index (χ3v) is 3.61. The molecule has 0 fully saturated rings. The molecule has 0 aliphatic heterocycles. The molecule has 2 aromatic heterocycles. The van der Waals surface area contributed by atoms with E-state index in [4.69, 9.17) is 0 Å². The van der Waals surface area contributed by atoms with Crippen LogP contribution in [0.3, 0.4) is 0 Å². The summed E-state index contributed by atoms with van der Waals surface area (Å²) in [4.78, 5) is 12.0. The highest BCUT2D eigenvalue weighted by molar-refractivity contribution is 7.15. The Morgan fingerprint density at radius 3 is 2.72 bits per heavy atom. The van der Waals surface area contributed by atoms with Crippen molar-refractivity contribution in [3.63, 3.8) is 0 Å². The quantitative estimate of drug-likeness (QED) is 0.918.